The second kappa shape index (κ2) is 9.21. The molecule has 0 spiro atoms. The minimum absolute atomic E-state index is 0.367. The fourth-order valence-electron chi connectivity index (χ4n) is 2.48. The number of hydrogen-bond donors (Lipinski definition) is 1. The molecule has 1 aromatic carbocycles. The summed E-state index contributed by atoms with van der Waals surface area (Å²) >= 11 is 0. The Balaban J connectivity index is 1.93. The van der Waals surface area contributed by atoms with Crippen molar-refractivity contribution < 1.29 is 19.1 Å². The molecular weight excluding hydrogens is 346 g/mol. The summed E-state index contributed by atoms with van der Waals surface area (Å²) in [7, 11) is 1.80. The number of ether oxygens (including phenoxy) is 2. The third kappa shape index (κ3) is 5.32. The van der Waals surface area contributed by atoms with Gasteiger partial charge in [-0.15, -0.1) is 0 Å². The predicted octanol–water partition coefficient (Wildman–Crippen LogP) is 3.40. The number of hydrogen-bond acceptors (Lipinski definition) is 5. The summed E-state index contributed by atoms with van der Waals surface area (Å²) in [5.74, 6) is -0.257. The molecule has 0 radical (unpaired) electrons. The molecule has 27 heavy (non-hydrogen) atoms. The second-order valence-corrected chi connectivity index (χ2v) is 6.43. The minimum Gasteiger partial charge on any atom is -0.494 e. The van der Waals surface area contributed by atoms with E-state index in [0.717, 1.165) is 18.5 Å². The van der Waals surface area contributed by atoms with E-state index in [0.29, 0.717) is 29.3 Å². The topological polar surface area (TPSA) is 82.4 Å². The van der Waals surface area contributed by atoms with Crippen molar-refractivity contribution in [2.75, 3.05) is 11.9 Å². The average molecular weight is 373 g/mol. The fraction of sp³-hybridized carbons (Fsp3) is 0.450. The highest BCUT2D eigenvalue weighted by Gasteiger charge is 2.21. The fourth-order valence-corrected chi connectivity index (χ4v) is 2.48. The van der Waals surface area contributed by atoms with Gasteiger partial charge in [0.25, 0.3) is 5.91 Å². The summed E-state index contributed by atoms with van der Waals surface area (Å²) in [4.78, 5) is 24.6. The van der Waals surface area contributed by atoms with Gasteiger partial charge in [0.15, 0.2) is 6.10 Å². The Bertz CT molecular complexity index is 796. The molecule has 0 saturated carbocycles. The summed E-state index contributed by atoms with van der Waals surface area (Å²) in [6, 6.07) is 6.70. The largest absolute Gasteiger partial charge is 0.494 e. The lowest BCUT2D eigenvalue weighted by atomic mass is 10.2. The zero-order valence-electron chi connectivity index (χ0n) is 16.5. The molecular formula is C20H27N3O4. The number of rotatable bonds is 8. The quantitative estimate of drug-likeness (QED) is 0.566. The van der Waals surface area contributed by atoms with Crippen LogP contribution in [-0.2, 0) is 16.6 Å². The van der Waals surface area contributed by atoms with Crippen LogP contribution in [0.4, 0.5) is 5.69 Å². The monoisotopic (exact) mass is 373 g/mol. The van der Waals surface area contributed by atoms with Crippen molar-refractivity contribution in [2.45, 2.75) is 46.6 Å². The molecule has 1 atom stereocenters. The molecule has 0 aliphatic carbocycles. The van der Waals surface area contributed by atoms with Gasteiger partial charge in [-0.1, -0.05) is 13.3 Å². The van der Waals surface area contributed by atoms with E-state index in [1.165, 1.54) is 6.92 Å². The van der Waals surface area contributed by atoms with Gasteiger partial charge in [0.2, 0.25) is 0 Å². The standard InChI is InChI=1S/C20H27N3O4/c1-6-7-12-26-17-10-8-16(9-11-17)20(25)27-15(4)19(24)21-18-13(2)22-23(5)14(18)3/h8-11,15H,6-7,12H2,1-5H3,(H,21,24)/t15-/m1/s1. The molecule has 0 aliphatic rings. The molecule has 0 saturated heterocycles. The highest BCUT2D eigenvalue weighted by Crippen LogP contribution is 2.19. The molecule has 1 N–H and O–H groups in total. The first-order chi connectivity index (χ1) is 12.8. The Labute approximate surface area is 159 Å². The highest BCUT2D eigenvalue weighted by atomic mass is 16.5. The molecule has 7 heteroatoms. The normalized spacial score (nSPS) is 11.7. The lowest BCUT2D eigenvalue weighted by molar-refractivity contribution is -0.123. The van der Waals surface area contributed by atoms with Gasteiger partial charge in [0.05, 0.1) is 29.2 Å². The number of nitrogens with zero attached hydrogens (tertiary/aromatic N) is 2. The van der Waals surface area contributed by atoms with Crippen molar-refractivity contribution in [1.29, 1.82) is 0 Å². The smallest absolute Gasteiger partial charge is 0.338 e. The zero-order valence-corrected chi connectivity index (χ0v) is 16.5. The van der Waals surface area contributed by atoms with Gasteiger partial charge in [0.1, 0.15) is 5.75 Å². The molecule has 1 heterocycles. The van der Waals surface area contributed by atoms with Crippen LogP contribution in [0.5, 0.6) is 5.75 Å². The molecule has 146 valence electrons. The Morgan fingerprint density at radius 1 is 1.22 bits per heavy atom. The second-order valence-electron chi connectivity index (χ2n) is 6.43. The van der Waals surface area contributed by atoms with E-state index < -0.39 is 18.0 Å². The molecule has 0 fully saturated rings. The van der Waals surface area contributed by atoms with Crippen molar-refractivity contribution in [3.8, 4) is 5.75 Å². The molecule has 2 rings (SSSR count). The van der Waals surface area contributed by atoms with Gasteiger partial charge in [0, 0.05) is 7.05 Å². The molecule has 1 aromatic heterocycles. The van der Waals surface area contributed by atoms with Crippen molar-refractivity contribution in [3.63, 3.8) is 0 Å². The van der Waals surface area contributed by atoms with E-state index in [-0.39, 0.29) is 0 Å². The average Bonchev–Trinajstić information content (AvgIpc) is 2.88. The SMILES string of the molecule is CCCCOc1ccc(C(=O)O[C@H](C)C(=O)Nc2c(C)nn(C)c2C)cc1. The Kier molecular flexibility index (Phi) is 6.98. The third-order valence-electron chi connectivity index (χ3n) is 4.27. The van der Waals surface area contributed by atoms with Crippen LogP contribution in [0.3, 0.4) is 0 Å². The van der Waals surface area contributed by atoms with Gasteiger partial charge in [-0.05, 0) is 51.5 Å². The number of nitrogens with one attached hydrogen (secondary N) is 1. The summed E-state index contributed by atoms with van der Waals surface area (Å²) in [6.45, 7) is 7.94. The number of esters is 1. The van der Waals surface area contributed by atoms with E-state index in [1.54, 1.807) is 36.0 Å². The van der Waals surface area contributed by atoms with Gasteiger partial charge < -0.3 is 14.8 Å². The predicted molar refractivity (Wildman–Crippen MR) is 103 cm³/mol. The Morgan fingerprint density at radius 3 is 2.44 bits per heavy atom. The van der Waals surface area contributed by atoms with Crippen LogP contribution in [0, 0.1) is 13.8 Å². The van der Waals surface area contributed by atoms with Gasteiger partial charge in [-0.2, -0.15) is 5.10 Å². The number of amides is 1. The number of carbonyl (C=O) groups excluding carboxylic acids is 2. The first-order valence-corrected chi connectivity index (χ1v) is 9.08. The van der Waals surface area contributed by atoms with E-state index >= 15 is 0 Å². The first-order valence-electron chi connectivity index (χ1n) is 9.08. The molecule has 2 aromatic rings. The summed E-state index contributed by atoms with van der Waals surface area (Å²) in [5, 5.41) is 7.02. The van der Waals surface area contributed by atoms with Gasteiger partial charge in [-0.25, -0.2) is 4.79 Å². The number of benzene rings is 1. The van der Waals surface area contributed by atoms with Crippen molar-refractivity contribution >= 4 is 17.6 Å². The molecule has 0 aliphatic heterocycles. The van der Waals surface area contributed by atoms with Gasteiger partial charge in [-0.3, -0.25) is 9.48 Å². The van der Waals surface area contributed by atoms with E-state index in [1.807, 2.05) is 13.8 Å². The third-order valence-corrected chi connectivity index (χ3v) is 4.27. The lowest BCUT2D eigenvalue weighted by Crippen LogP contribution is -2.30. The number of aromatic nitrogens is 2. The maximum absolute atomic E-state index is 12.3. The number of carbonyl (C=O) groups is 2. The van der Waals surface area contributed by atoms with Crippen molar-refractivity contribution in [3.05, 3.63) is 41.2 Å². The summed E-state index contributed by atoms with van der Waals surface area (Å²) < 4.78 is 12.5. The molecule has 1 amide bonds. The summed E-state index contributed by atoms with van der Waals surface area (Å²) in [5.41, 5.74) is 2.55. The molecule has 7 nitrogen and oxygen atoms in total. The number of aryl methyl sites for hydroxylation is 2. The van der Waals surface area contributed by atoms with E-state index in [9.17, 15) is 9.59 Å². The summed E-state index contributed by atoms with van der Waals surface area (Å²) in [6.07, 6.45) is 1.10. The number of unbranched alkanes of at least 4 members (excludes halogenated alkanes) is 1. The molecule has 0 bridgehead atoms. The zero-order chi connectivity index (χ0) is 20.0. The van der Waals surface area contributed by atoms with Crippen LogP contribution in [0.25, 0.3) is 0 Å². The number of anilines is 1. The van der Waals surface area contributed by atoms with Crippen LogP contribution >= 0.6 is 0 Å². The minimum atomic E-state index is -0.933. The van der Waals surface area contributed by atoms with Gasteiger partial charge >= 0.3 is 5.97 Å². The van der Waals surface area contributed by atoms with Crippen LogP contribution < -0.4 is 10.1 Å². The maximum atomic E-state index is 12.3. The van der Waals surface area contributed by atoms with E-state index in [2.05, 4.69) is 17.3 Å². The van der Waals surface area contributed by atoms with Crippen LogP contribution in [0.1, 0.15) is 48.4 Å². The maximum Gasteiger partial charge on any atom is 0.338 e. The lowest BCUT2D eigenvalue weighted by Gasteiger charge is -2.14. The first kappa shape index (κ1) is 20.5. The highest BCUT2D eigenvalue weighted by molar-refractivity contribution is 5.98. The van der Waals surface area contributed by atoms with Crippen molar-refractivity contribution in [1.82, 2.24) is 9.78 Å². The van der Waals surface area contributed by atoms with Crippen molar-refractivity contribution in [2.24, 2.45) is 7.05 Å². The molecule has 0 unspecified atom stereocenters. The van der Waals surface area contributed by atoms with Crippen LogP contribution in [-0.4, -0.2) is 34.4 Å². The Hall–Kier alpha value is -2.83. The Morgan fingerprint density at radius 2 is 1.89 bits per heavy atom. The van der Waals surface area contributed by atoms with Crippen LogP contribution in [0.15, 0.2) is 24.3 Å². The van der Waals surface area contributed by atoms with E-state index in [4.69, 9.17) is 9.47 Å². The van der Waals surface area contributed by atoms with Crippen LogP contribution in [0.2, 0.25) is 0 Å².